The van der Waals surface area contributed by atoms with Crippen molar-refractivity contribution in [1.82, 2.24) is 4.98 Å². The van der Waals surface area contributed by atoms with Gasteiger partial charge in [-0.2, -0.15) is 0 Å². The number of fused-ring (bicyclic) bond motifs is 1. The summed E-state index contributed by atoms with van der Waals surface area (Å²) in [5.74, 6) is 0. The molecule has 1 aromatic heterocycles. The topological polar surface area (TPSA) is 12.9 Å². The maximum absolute atomic E-state index is 4.61. The van der Waals surface area contributed by atoms with Gasteiger partial charge in [0.15, 0.2) is 0 Å². The van der Waals surface area contributed by atoms with Gasteiger partial charge in [0.2, 0.25) is 0 Å². The van der Waals surface area contributed by atoms with E-state index in [0.717, 1.165) is 30.5 Å². The van der Waals surface area contributed by atoms with Gasteiger partial charge in [0.25, 0.3) is 0 Å². The van der Waals surface area contributed by atoms with Gasteiger partial charge in [-0.3, -0.25) is 4.98 Å². The molecule has 0 saturated heterocycles. The average Bonchev–Trinajstić information content (AvgIpc) is 2.98. The maximum atomic E-state index is 4.61. The Labute approximate surface area is 225 Å². The van der Waals surface area contributed by atoms with Gasteiger partial charge in [0.1, 0.15) is 0 Å². The van der Waals surface area contributed by atoms with Gasteiger partial charge in [0, 0.05) is 11.8 Å². The van der Waals surface area contributed by atoms with Crippen LogP contribution in [0.1, 0.15) is 23.1 Å². The first-order chi connectivity index (χ1) is 18.7. The van der Waals surface area contributed by atoms with E-state index >= 15 is 0 Å². The molecule has 5 aromatic carbocycles. The highest BCUT2D eigenvalue weighted by Gasteiger charge is 2.06. The van der Waals surface area contributed by atoms with Gasteiger partial charge in [-0.05, 0) is 88.0 Å². The van der Waals surface area contributed by atoms with Gasteiger partial charge in [-0.15, -0.1) is 0 Å². The zero-order valence-electron chi connectivity index (χ0n) is 21.8. The molecule has 0 aliphatic rings. The Morgan fingerprint density at radius 2 is 1.24 bits per heavy atom. The lowest BCUT2D eigenvalue weighted by atomic mass is 9.96. The molecule has 0 aliphatic carbocycles. The number of hydrogen-bond acceptors (Lipinski definition) is 1. The highest BCUT2D eigenvalue weighted by molar-refractivity contribution is 5.96. The molecule has 0 amide bonds. The van der Waals surface area contributed by atoms with Crippen molar-refractivity contribution in [2.75, 3.05) is 0 Å². The third-order valence-corrected chi connectivity index (χ3v) is 7.32. The molecule has 0 N–H and O–H groups in total. The molecule has 38 heavy (non-hydrogen) atoms. The number of aryl methyl sites for hydroxylation is 3. The lowest BCUT2D eigenvalue weighted by molar-refractivity contribution is 0.821. The molecule has 0 bridgehead atoms. The van der Waals surface area contributed by atoms with E-state index < -0.39 is 0 Å². The third kappa shape index (κ3) is 5.28. The Balaban J connectivity index is 1.12. The number of benzene rings is 5. The Hall–Kier alpha value is -4.49. The largest absolute Gasteiger partial charge is 0.256 e. The smallest absolute Gasteiger partial charge is 0.0702 e. The van der Waals surface area contributed by atoms with Gasteiger partial charge >= 0.3 is 0 Å². The molecule has 0 aliphatic heterocycles. The highest BCUT2D eigenvalue weighted by Crippen LogP contribution is 2.29. The molecule has 1 heteroatoms. The number of nitrogens with zero attached hydrogens (tertiary/aromatic N) is 1. The second kappa shape index (κ2) is 10.9. The molecule has 6 aromatic rings. The number of aromatic nitrogens is 1. The van der Waals surface area contributed by atoms with Gasteiger partial charge < -0.3 is 0 Å². The zero-order chi connectivity index (χ0) is 25.7. The fraction of sp³-hybridized carbons (Fsp3) is 0.108. The molecule has 0 radical (unpaired) electrons. The van der Waals surface area contributed by atoms with Crippen LogP contribution >= 0.6 is 0 Å². The van der Waals surface area contributed by atoms with Crippen LogP contribution in [0.25, 0.3) is 44.3 Å². The van der Waals surface area contributed by atoms with Crippen LogP contribution in [-0.2, 0) is 12.8 Å². The molecule has 0 spiro atoms. The van der Waals surface area contributed by atoms with E-state index in [9.17, 15) is 0 Å². The second-order valence-corrected chi connectivity index (χ2v) is 10.1. The van der Waals surface area contributed by atoms with Crippen molar-refractivity contribution in [1.29, 1.82) is 0 Å². The fourth-order valence-corrected chi connectivity index (χ4v) is 5.23. The Kier molecular flexibility index (Phi) is 6.83. The lowest BCUT2D eigenvalue weighted by Crippen LogP contribution is -1.91. The van der Waals surface area contributed by atoms with Crippen LogP contribution in [0.4, 0.5) is 0 Å². The van der Waals surface area contributed by atoms with Crippen molar-refractivity contribution in [2.45, 2.75) is 26.2 Å². The van der Waals surface area contributed by atoms with Crippen LogP contribution in [0.2, 0.25) is 0 Å². The van der Waals surface area contributed by atoms with E-state index in [0.29, 0.717) is 0 Å². The first kappa shape index (κ1) is 23.9. The Morgan fingerprint density at radius 3 is 2.08 bits per heavy atom. The number of pyridine rings is 1. The average molecular weight is 490 g/mol. The molecule has 1 nitrogen and oxygen atoms in total. The van der Waals surface area contributed by atoms with Gasteiger partial charge in [-0.25, -0.2) is 0 Å². The van der Waals surface area contributed by atoms with Crippen molar-refractivity contribution < 1.29 is 0 Å². The van der Waals surface area contributed by atoms with E-state index in [1.807, 2.05) is 6.20 Å². The highest BCUT2D eigenvalue weighted by atomic mass is 14.7. The molecule has 184 valence electrons. The van der Waals surface area contributed by atoms with Crippen molar-refractivity contribution in [2.24, 2.45) is 0 Å². The van der Waals surface area contributed by atoms with Crippen molar-refractivity contribution in [3.63, 3.8) is 0 Å². The molecule has 0 unspecified atom stereocenters. The summed E-state index contributed by atoms with van der Waals surface area (Å²) >= 11 is 0. The normalized spacial score (nSPS) is 11.1. The quantitative estimate of drug-likeness (QED) is 0.217. The monoisotopic (exact) mass is 489 g/mol. The van der Waals surface area contributed by atoms with E-state index in [2.05, 4.69) is 139 Å². The van der Waals surface area contributed by atoms with Crippen LogP contribution in [0.15, 0.2) is 134 Å². The third-order valence-electron chi connectivity index (χ3n) is 7.32. The molecule has 0 atom stereocenters. The number of rotatable bonds is 7. The predicted octanol–water partition coefficient (Wildman–Crippen LogP) is 9.72. The standard InChI is InChI=1S/C37H31N/c1-27-18-23-37(38-26-27)34-15-6-14-33(25-34)32-13-5-10-29(24-32)9-4-8-28-19-21-31(22-20-28)36-17-7-12-30-11-2-3-16-35(30)36/h2-3,5-7,10-26H,4,8-9H2,1H3. The predicted molar refractivity (Wildman–Crippen MR) is 161 cm³/mol. The minimum absolute atomic E-state index is 1.01. The van der Waals surface area contributed by atoms with Gasteiger partial charge in [-0.1, -0.05) is 115 Å². The summed E-state index contributed by atoms with van der Waals surface area (Å²) in [6.45, 7) is 2.07. The summed E-state index contributed by atoms with van der Waals surface area (Å²) in [4.78, 5) is 4.61. The summed E-state index contributed by atoms with van der Waals surface area (Å²) in [7, 11) is 0. The summed E-state index contributed by atoms with van der Waals surface area (Å²) in [5.41, 5.74) is 11.2. The van der Waals surface area contributed by atoms with E-state index in [1.54, 1.807) is 0 Å². The van der Waals surface area contributed by atoms with Crippen molar-refractivity contribution in [3.8, 4) is 33.5 Å². The maximum Gasteiger partial charge on any atom is 0.0702 e. The molecule has 6 rings (SSSR count). The molecular formula is C37H31N. The van der Waals surface area contributed by atoms with E-state index in [-0.39, 0.29) is 0 Å². The van der Waals surface area contributed by atoms with Crippen molar-refractivity contribution in [3.05, 3.63) is 150 Å². The summed E-state index contributed by atoms with van der Waals surface area (Å²) in [6, 6.07) is 46.2. The van der Waals surface area contributed by atoms with Crippen LogP contribution in [0, 0.1) is 6.92 Å². The van der Waals surface area contributed by atoms with Crippen LogP contribution in [0.3, 0.4) is 0 Å². The number of hydrogen-bond donors (Lipinski definition) is 0. The summed E-state index contributed by atoms with van der Waals surface area (Å²) in [5, 5.41) is 2.60. The zero-order valence-corrected chi connectivity index (χ0v) is 21.8. The van der Waals surface area contributed by atoms with Crippen molar-refractivity contribution >= 4 is 10.8 Å². The fourth-order valence-electron chi connectivity index (χ4n) is 5.23. The van der Waals surface area contributed by atoms with Crippen LogP contribution in [-0.4, -0.2) is 4.98 Å². The minimum atomic E-state index is 1.01. The Bertz CT molecular complexity index is 1670. The summed E-state index contributed by atoms with van der Waals surface area (Å²) < 4.78 is 0. The van der Waals surface area contributed by atoms with E-state index in [1.165, 1.54) is 49.7 Å². The minimum Gasteiger partial charge on any atom is -0.256 e. The first-order valence-corrected chi connectivity index (χ1v) is 13.4. The van der Waals surface area contributed by atoms with E-state index in [4.69, 9.17) is 0 Å². The molecule has 0 saturated carbocycles. The Morgan fingerprint density at radius 1 is 0.526 bits per heavy atom. The molecule has 0 fully saturated rings. The van der Waals surface area contributed by atoms with Gasteiger partial charge in [0.05, 0.1) is 5.69 Å². The lowest BCUT2D eigenvalue weighted by Gasteiger charge is -2.09. The van der Waals surface area contributed by atoms with Crippen LogP contribution in [0.5, 0.6) is 0 Å². The first-order valence-electron chi connectivity index (χ1n) is 13.4. The molecular weight excluding hydrogens is 458 g/mol. The SMILES string of the molecule is Cc1ccc(-c2cccc(-c3cccc(CCCc4ccc(-c5cccc6ccccc56)cc4)c3)c2)nc1. The molecule has 1 heterocycles. The van der Waals surface area contributed by atoms with Crippen LogP contribution < -0.4 is 0 Å². The summed E-state index contributed by atoms with van der Waals surface area (Å²) in [6.07, 6.45) is 5.21. The second-order valence-electron chi connectivity index (χ2n) is 10.1.